The molecule has 1 aromatic heterocycles. The van der Waals surface area contributed by atoms with Gasteiger partial charge in [-0.1, -0.05) is 0 Å². The molecule has 118 valence electrons. The van der Waals surface area contributed by atoms with E-state index < -0.39 is 0 Å². The molecule has 2 rings (SSSR count). The third-order valence-corrected chi connectivity index (χ3v) is 3.63. The van der Waals surface area contributed by atoms with Crippen molar-refractivity contribution in [2.24, 2.45) is 5.92 Å². The Morgan fingerprint density at radius 3 is 2.95 bits per heavy atom. The fraction of sp³-hybridized carbons (Fsp3) is 0.750. The molecule has 5 heteroatoms. The molecule has 0 radical (unpaired) electrons. The molecule has 0 spiro atoms. The first-order valence-corrected chi connectivity index (χ1v) is 7.94. The highest BCUT2D eigenvalue weighted by Crippen LogP contribution is 2.21. The molecule has 5 nitrogen and oxygen atoms in total. The van der Waals surface area contributed by atoms with Crippen LogP contribution in [-0.4, -0.2) is 41.7 Å². The SMILES string of the molecule is CCOc1ccnc(N2CCCC(CNC(C)(C)C)C2)n1. The maximum Gasteiger partial charge on any atom is 0.228 e. The van der Waals surface area contributed by atoms with Crippen LogP contribution in [0.1, 0.15) is 40.5 Å². The monoisotopic (exact) mass is 292 g/mol. The summed E-state index contributed by atoms with van der Waals surface area (Å²) >= 11 is 0. The quantitative estimate of drug-likeness (QED) is 0.903. The van der Waals surface area contributed by atoms with Crippen molar-refractivity contribution in [2.75, 3.05) is 31.1 Å². The van der Waals surface area contributed by atoms with Gasteiger partial charge in [0, 0.05) is 37.4 Å². The predicted molar refractivity (Wildman–Crippen MR) is 85.9 cm³/mol. The van der Waals surface area contributed by atoms with Crippen LogP contribution in [0.5, 0.6) is 5.88 Å². The van der Waals surface area contributed by atoms with Gasteiger partial charge >= 0.3 is 0 Å². The number of anilines is 1. The fourth-order valence-corrected chi connectivity index (χ4v) is 2.58. The summed E-state index contributed by atoms with van der Waals surface area (Å²) in [5, 5.41) is 3.60. The number of rotatable bonds is 5. The van der Waals surface area contributed by atoms with E-state index in [2.05, 4.69) is 41.0 Å². The van der Waals surface area contributed by atoms with E-state index in [0.29, 0.717) is 18.4 Å². The molecule has 0 aromatic carbocycles. The van der Waals surface area contributed by atoms with Crippen LogP contribution in [0.3, 0.4) is 0 Å². The highest BCUT2D eigenvalue weighted by atomic mass is 16.5. The Morgan fingerprint density at radius 1 is 1.43 bits per heavy atom. The van der Waals surface area contributed by atoms with E-state index in [0.717, 1.165) is 25.6 Å². The van der Waals surface area contributed by atoms with Gasteiger partial charge in [-0.25, -0.2) is 4.98 Å². The third-order valence-electron chi connectivity index (χ3n) is 3.63. The number of ether oxygens (including phenoxy) is 1. The van der Waals surface area contributed by atoms with Crippen molar-refractivity contribution < 1.29 is 4.74 Å². The zero-order valence-corrected chi connectivity index (χ0v) is 13.7. The van der Waals surface area contributed by atoms with Crippen LogP contribution in [0.25, 0.3) is 0 Å². The van der Waals surface area contributed by atoms with Crippen LogP contribution in [0.2, 0.25) is 0 Å². The summed E-state index contributed by atoms with van der Waals surface area (Å²) in [6, 6.07) is 1.82. The van der Waals surface area contributed by atoms with Crippen molar-refractivity contribution in [2.45, 2.75) is 46.1 Å². The fourth-order valence-electron chi connectivity index (χ4n) is 2.58. The lowest BCUT2D eigenvalue weighted by atomic mass is 9.97. The van der Waals surface area contributed by atoms with Crippen molar-refractivity contribution in [3.8, 4) is 5.88 Å². The number of nitrogens with zero attached hydrogens (tertiary/aromatic N) is 3. The van der Waals surface area contributed by atoms with E-state index in [1.54, 1.807) is 6.20 Å². The van der Waals surface area contributed by atoms with Gasteiger partial charge in [0.25, 0.3) is 0 Å². The van der Waals surface area contributed by atoms with E-state index in [1.165, 1.54) is 12.8 Å². The van der Waals surface area contributed by atoms with Crippen LogP contribution in [0.4, 0.5) is 5.95 Å². The molecule has 1 aliphatic rings. The molecule has 0 saturated carbocycles. The highest BCUT2D eigenvalue weighted by Gasteiger charge is 2.23. The summed E-state index contributed by atoms with van der Waals surface area (Å²) in [6.45, 7) is 12.3. The molecule has 1 unspecified atom stereocenters. The maximum atomic E-state index is 5.47. The van der Waals surface area contributed by atoms with Gasteiger partial charge in [-0.05, 0) is 46.5 Å². The molecular weight excluding hydrogens is 264 g/mol. The van der Waals surface area contributed by atoms with Crippen LogP contribution in [-0.2, 0) is 0 Å². The van der Waals surface area contributed by atoms with Gasteiger partial charge in [0.05, 0.1) is 6.61 Å². The molecule has 1 fully saturated rings. The Kier molecular flexibility index (Phi) is 5.39. The van der Waals surface area contributed by atoms with E-state index in [4.69, 9.17) is 4.74 Å². The Hall–Kier alpha value is -1.36. The molecule has 1 N–H and O–H groups in total. The predicted octanol–water partition coefficient (Wildman–Crippen LogP) is 2.48. The normalized spacial score (nSPS) is 19.6. The molecule has 0 aliphatic carbocycles. The van der Waals surface area contributed by atoms with Gasteiger partial charge in [-0.2, -0.15) is 4.98 Å². The molecule has 1 aromatic rings. The standard InChI is InChI=1S/C16H28N4O/c1-5-21-14-8-9-17-15(19-14)20-10-6-7-13(12-20)11-18-16(2,3)4/h8-9,13,18H,5-7,10-12H2,1-4H3. The summed E-state index contributed by atoms with van der Waals surface area (Å²) in [5.41, 5.74) is 0.174. The molecule has 21 heavy (non-hydrogen) atoms. The third kappa shape index (κ3) is 5.16. The molecular formula is C16H28N4O. The zero-order chi connectivity index (χ0) is 15.3. The highest BCUT2D eigenvalue weighted by molar-refractivity contribution is 5.32. The smallest absolute Gasteiger partial charge is 0.228 e. The summed E-state index contributed by atoms with van der Waals surface area (Å²) in [7, 11) is 0. The maximum absolute atomic E-state index is 5.47. The van der Waals surface area contributed by atoms with E-state index >= 15 is 0 Å². The first-order valence-electron chi connectivity index (χ1n) is 7.94. The second-order valence-corrected chi connectivity index (χ2v) is 6.71. The van der Waals surface area contributed by atoms with Crippen molar-refractivity contribution in [1.82, 2.24) is 15.3 Å². The lowest BCUT2D eigenvalue weighted by Crippen LogP contribution is -2.45. The number of hydrogen-bond acceptors (Lipinski definition) is 5. The minimum Gasteiger partial charge on any atom is -0.478 e. The summed E-state index contributed by atoms with van der Waals surface area (Å²) in [6.07, 6.45) is 4.24. The van der Waals surface area contributed by atoms with Crippen molar-refractivity contribution in [3.05, 3.63) is 12.3 Å². The molecule has 0 bridgehead atoms. The Bertz CT molecular complexity index is 444. The van der Waals surface area contributed by atoms with Gasteiger partial charge in [0.1, 0.15) is 0 Å². The van der Waals surface area contributed by atoms with Gasteiger partial charge in [-0.3, -0.25) is 0 Å². The summed E-state index contributed by atoms with van der Waals surface area (Å²) < 4.78 is 5.47. The zero-order valence-electron chi connectivity index (χ0n) is 13.7. The molecule has 1 saturated heterocycles. The summed E-state index contributed by atoms with van der Waals surface area (Å²) in [4.78, 5) is 11.2. The van der Waals surface area contributed by atoms with Crippen LogP contribution in [0.15, 0.2) is 12.3 Å². The Balaban J connectivity index is 1.95. The molecule has 0 amide bonds. The van der Waals surface area contributed by atoms with Crippen LogP contribution < -0.4 is 15.0 Å². The average Bonchev–Trinajstić information content (AvgIpc) is 2.45. The van der Waals surface area contributed by atoms with Crippen molar-refractivity contribution >= 4 is 5.95 Å². The molecule has 1 aliphatic heterocycles. The lowest BCUT2D eigenvalue weighted by Gasteiger charge is -2.34. The van der Waals surface area contributed by atoms with E-state index in [9.17, 15) is 0 Å². The second kappa shape index (κ2) is 7.07. The van der Waals surface area contributed by atoms with E-state index in [1.807, 2.05) is 13.0 Å². The molecule has 2 heterocycles. The van der Waals surface area contributed by atoms with E-state index in [-0.39, 0.29) is 5.54 Å². The van der Waals surface area contributed by atoms with Gasteiger partial charge in [-0.15, -0.1) is 0 Å². The minimum atomic E-state index is 0.174. The largest absolute Gasteiger partial charge is 0.478 e. The van der Waals surface area contributed by atoms with Crippen LogP contribution in [0, 0.1) is 5.92 Å². The first kappa shape index (κ1) is 16.0. The number of hydrogen-bond donors (Lipinski definition) is 1. The lowest BCUT2D eigenvalue weighted by molar-refractivity contribution is 0.322. The second-order valence-electron chi connectivity index (χ2n) is 6.71. The van der Waals surface area contributed by atoms with Crippen molar-refractivity contribution in [1.29, 1.82) is 0 Å². The number of aromatic nitrogens is 2. The van der Waals surface area contributed by atoms with Gasteiger partial charge < -0.3 is 15.0 Å². The van der Waals surface area contributed by atoms with Gasteiger partial charge in [0.15, 0.2) is 0 Å². The van der Waals surface area contributed by atoms with Crippen molar-refractivity contribution in [3.63, 3.8) is 0 Å². The first-order chi connectivity index (χ1) is 9.98. The average molecular weight is 292 g/mol. The Labute approximate surface area is 128 Å². The van der Waals surface area contributed by atoms with Crippen LogP contribution >= 0.6 is 0 Å². The Morgan fingerprint density at radius 2 is 2.24 bits per heavy atom. The number of piperidine rings is 1. The van der Waals surface area contributed by atoms with Gasteiger partial charge in [0.2, 0.25) is 11.8 Å². The molecule has 1 atom stereocenters. The summed E-state index contributed by atoms with van der Waals surface area (Å²) in [5.74, 6) is 2.11. The minimum absolute atomic E-state index is 0.174. The topological polar surface area (TPSA) is 50.3 Å². The number of nitrogens with one attached hydrogen (secondary N) is 1.